The molecule has 0 radical (unpaired) electrons. The standard InChI is InChI=1S/C22H28O5/c1-24-16-6-4-3-5-7-17-26-20-10-8-18(9-11-20)22(23)27-21-14-12-19(25-2)13-15-21/h8-15H,3-7,16-17H2,1-2H3. The molecule has 5 heteroatoms. The summed E-state index contributed by atoms with van der Waals surface area (Å²) in [5.41, 5.74) is 0.483. The Kier molecular flexibility index (Phi) is 9.21. The van der Waals surface area contributed by atoms with E-state index in [1.165, 1.54) is 12.8 Å². The van der Waals surface area contributed by atoms with E-state index in [1.54, 1.807) is 62.8 Å². The van der Waals surface area contributed by atoms with Crippen LogP contribution in [0.1, 0.15) is 42.5 Å². The van der Waals surface area contributed by atoms with Crippen molar-refractivity contribution in [3.63, 3.8) is 0 Å². The zero-order chi connectivity index (χ0) is 19.3. The Morgan fingerprint density at radius 1 is 0.704 bits per heavy atom. The predicted molar refractivity (Wildman–Crippen MR) is 105 cm³/mol. The van der Waals surface area contributed by atoms with Crippen LogP contribution >= 0.6 is 0 Å². The van der Waals surface area contributed by atoms with E-state index < -0.39 is 5.97 Å². The SMILES string of the molecule is COCCCCCCCOc1ccc(C(=O)Oc2ccc(OC)cc2)cc1. The van der Waals surface area contributed by atoms with Crippen LogP contribution in [0.3, 0.4) is 0 Å². The van der Waals surface area contributed by atoms with Gasteiger partial charge in [-0.15, -0.1) is 0 Å². The van der Waals surface area contributed by atoms with Crippen molar-refractivity contribution in [3.8, 4) is 17.2 Å². The zero-order valence-electron chi connectivity index (χ0n) is 16.1. The van der Waals surface area contributed by atoms with Crippen LogP contribution in [0.2, 0.25) is 0 Å². The van der Waals surface area contributed by atoms with Gasteiger partial charge in [0.2, 0.25) is 0 Å². The van der Waals surface area contributed by atoms with Gasteiger partial charge in [-0.25, -0.2) is 4.79 Å². The highest BCUT2D eigenvalue weighted by molar-refractivity contribution is 5.91. The molecule has 2 aromatic rings. The Morgan fingerprint density at radius 3 is 1.89 bits per heavy atom. The first-order valence-electron chi connectivity index (χ1n) is 9.31. The number of carbonyl (C=O) groups excluding carboxylic acids is 1. The van der Waals surface area contributed by atoms with E-state index in [4.69, 9.17) is 18.9 Å². The minimum Gasteiger partial charge on any atom is -0.497 e. The quantitative estimate of drug-likeness (QED) is 0.302. The second kappa shape index (κ2) is 12.0. The molecule has 0 spiro atoms. The fraction of sp³-hybridized carbons (Fsp3) is 0.409. The lowest BCUT2D eigenvalue weighted by Gasteiger charge is -2.08. The lowest BCUT2D eigenvalue weighted by molar-refractivity contribution is 0.0734. The molecule has 0 N–H and O–H groups in total. The van der Waals surface area contributed by atoms with Crippen LogP contribution in [-0.4, -0.2) is 33.4 Å². The summed E-state index contributed by atoms with van der Waals surface area (Å²) in [6, 6.07) is 13.9. The number of unbranched alkanes of at least 4 members (excludes halogenated alkanes) is 4. The summed E-state index contributed by atoms with van der Waals surface area (Å²) in [4.78, 5) is 12.2. The number of hydrogen-bond donors (Lipinski definition) is 0. The average Bonchev–Trinajstić information content (AvgIpc) is 2.71. The van der Waals surface area contributed by atoms with Crippen molar-refractivity contribution in [1.82, 2.24) is 0 Å². The summed E-state index contributed by atoms with van der Waals surface area (Å²) in [6.45, 7) is 1.52. The average molecular weight is 372 g/mol. The highest BCUT2D eigenvalue weighted by Gasteiger charge is 2.09. The molecule has 0 unspecified atom stereocenters. The topological polar surface area (TPSA) is 54.0 Å². The van der Waals surface area contributed by atoms with Gasteiger partial charge in [0.1, 0.15) is 17.2 Å². The molecule has 0 aliphatic carbocycles. The molecule has 2 rings (SSSR count). The Bertz CT molecular complexity index is 664. The molecule has 0 heterocycles. The van der Waals surface area contributed by atoms with Gasteiger partial charge in [-0.05, 0) is 61.4 Å². The van der Waals surface area contributed by atoms with Crippen LogP contribution in [0.15, 0.2) is 48.5 Å². The van der Waals surface area contributed by atoms with Crippen molar-refractivity contribution in [1.29, 1.82) is 0 Å². The molecule has 0 saturated heterocycles. The number of rotatable bonds is 12. The molecule has 27 heavy (non-hydrogen) atoms. The van der Waals surface area contributed by atoms with Crippen LogP contribution < -0.4 is 14.2 Å². The van der Waals surface area contributed by atoms with Gasteiger partial charge in [-0.1, -0.05) is 19.3 Å². The van der Waals surface area contributed by atoms with E-state index in [2.05, 4.69) is 0 Å². The van der Waals surface area contributed by atoms with Crippen LogP contribution in [0.5, 0.6) is 17.2 Å². The summed E-state index contributed by atoms with van der Waals surface area (Å²) >= 11 is 0. The van der Waals surface area contributed by atoms with Crippen molar-refractivity contribution in [2.24, 2.45) is 0 Å². The van der Waals surface area contributed by atoms with E-state index in [0.29, 0.717) is 23.7 Å². The fourth-order valence-electron chi connectivity index (χ4n) is 2.57. The third kappa shape index (κ3) is 7.71. The molecule has 0 fully saturated rings. The van der Waals surface area contributed by atoms with Crippen molar-refractivity contribution in [3.05, 3.63) is 54.1 Å². The van der Waals surface area contributed by atoms with Crippen molar-refractivity contribution < 1.29 is 23.7 Å². The van der Waals surface area contributed by atoms with E-state index in [9.17, 15) is 4.79 Å². The van der Waals surface area contributed by atoms with Gasteiger partial charge in [0.15, 0.2) is 0 Å². The first kappa shape index (κ1) is 20.8. The molecule has 0 amide bonds. The van der Waals surface area contributed by atoms with Gasteiger partial charge in [0.25, 0.3) is 0 Å². The molecular formula is C22H28O5. The van der Waals surface area contributed by atoms with Gasteiger partial charge in [0.05, 0.1) is 19.3 Å². The van der Waals surface area contributed by atoms with E-state index in [0.717, 1.165) is 31.6 Å². The number of ether oxygens (including phenoxy) is 4. The van der Waals surface area contributed by atoms with E-state index in [-0.39, 0.29) is 0 Å². The lowest BCUT2D eigenvalue weighted by Crippen LogP contribution is -2.08. The van der Waals surface area contributed by atoms with Gasteiger partial charge in [-0.3, -0.25) is 0 Å². The number of carbonyl (C=O) groups is 1. The van der Waals surface area contributed by atoms with Gasteiger partial charge >= 0.3 is 5.97 Å². The maximum atomic E-state index is 12.2. The first-order chi connectivity index (χ1) is 13.2. The Hall–Kier alpha value is -2.53. The molecule has 2 aromatic carbocycles. The Balaban J connectivity index is 1.70. The van der Waals surface area contributed by atoms with Crippen LogP contribution in [0, 0.1) is 0 Å². The molecule has 0 saturated carbocycles. The summed E-state index contributed by atoms with van der Waals surface area (Å²) in [7, 11) is 3.32. The molecular weight excluding hydrogens is 344 g/mol. The van der Waals surface area contributed by atoms with Crippen molar-refractivity contribution in [2.75, 3.05) is 27.4 Å². The highest BCUT2D eigenvalue weighted by Crippen LogP contribution is 2.19. The van der Waals surface area contributed by atoms with Crippen LogP contribution in [-0.2, 0) is 4.74 Å². The second-order valence-electron chi connectivity index (χ2n) is 6.20. The normalized spacial score (nSPS) is 10.4. The van der Waals surface area contributed by atoms with E-state index >= 15 is 0 Å². The van der Waals surface area contributed by atoms with Crippen LogP contribution in [0.4, 0.5) is 0 Å². The molecule has 0 atom stereocenters. The molecule has 5 nitrogen and oxygen atoms in total. The summed E-state index contributed by atoms with van der Waals surface area (Å²) in [5.74, 6) is 1.55. The summed E-state index contributed by atoms with van der Waals surface area (Å²) in [5, 5.41) is 0. The first-order valence-corrected chi connectivity index (χ1v) is 9.31. The largest absolute Gasteiger partial charge is 0.497 e. The van der Waals surface area contributed by atoms with E-state index in [1.807, 2.05) is 0 Å². The zero-order valence-corrected chi connectivity index (χ0v) is 16.1. The summed E-state index contributed by atoms with van der Waals surface area (Å²) < 4.78 is 21.2. The minimum atomic E-state index is -0.400. The van der Waals surface area contributed by atoms with Gasteiger partial charge in [0, 0.05) is 13.7 Å². The molecule has 146 valence electrons. The maximum absolute atomic E-state index is 12.2. The molecule has 0 aliphatic rings. The van der Waals surface area contributed by atoms with Gasteiger partial charge in [-0.2, -0.15) is 0 Å². The van der Waals surface area contributed by atoms with Crippen LogP contribution in [0.25, 0.3) is 0 Å². The lowest BCUT2D eigenvalue weighted by atomic mass is 10.1. The second-order valence-corrected chi connectivity index (χ2v) is 6.20. The number of esters is 1. The highest BCUT2D eigenvalue weighted by atomic mass is 16.5. The predicted octanol–water partition coefficient (Wildman–Crippen LogP) is 4.89. The third-order valence-electron chi connectivity index (χ3n) is 4.12. The van der Waals surface area contributed by atoms with Gasteiger partial charge < -0.3 is 18.9 Å². The number of methoxy groups -OCH3 is 2. The Morgan fingerprint density at radius 2 is 1.26 bits per heavy atom. The number of benzene rings is 2. The minimum absolute atomic E-state index is 0.400. The Labute approximate surface area is 161 Å². The monoisotopic (exact) mass is 372 g/mol. The number of hydrogen-bond acceptors (Lipinski definition) is 5. The molecule has 0 bridgehead atoms. The summed E-state index contributed by atoms with van der Waals surface area (Å²) in [6.07, 6.45) is 5.68. The van der Waals surface area contributed by atoms with Crippen molar-refractivity contribution >= 4 is 5.97 Å². The third-order valence-corrected chi connectivity index (χ3v) is 4.12. The fourth-order valence-corrected chi connectivity index (χ4v) is 2.57. The smallest absolute Gasteiger partial charge is 0.343 e. The van der Waals surface area contributed by atoms with Crippen molar-refractivity contribution in [2.45, 2.75) is 32.1 Å². The molecule has 0 aromatic heterocycles. The molecule has 0 aliphatic heterocycles. The maximum Gasteiger partial charge on any atom is 0.343 e.